The molecule has 170 valence electrons. The van der Waals surface area contributed by atoms with Gasteiger partial charge in [0.15, 0.2) is 0 Å². The fourth-order valence-corrected chi connectivity index (χ4v) is 5.20. The van der Waals surface area contributed by atoms with E-state index in [4.69, 9.17) is 0 Å². The Kier molecular flexibility index (Phi) is 5.00. The molecule has 0 atom stereocenters. The minimum Gasteiger partial charge on any atom is -0.353 e. The summed E-state index contributed by atoms with van der Waals surface area (Å²) in [7, 11) is 0. The average Bonchev–Trinajstić information content (AvgIpc) is 3.40. The Balaban J connectivity index is 1.60. The molecule has 2 aromatic heterocycles. The number of carbonyl (C=O) groups excluding carboxylic acids is 2. The van der Waals surface area contributed by atoms with Gasteiger partial charge in [0, 0.05) is 29.7 Å². The molecule has 0 spiro atoms. The fraction of sp³-hybridized carbons (Fsp3) is 0.346. The van der Waals surface area contributed by atoms with Crippen molar-refractivity contribution in [2.75, 3.05) is 24.5 Å². The number of aromatic amines is 2. The van der Waals surface area contributed by atoms with Crippen molar-refractivity contribution in [3.63, 3.8) is 0 Å². The second-order valence-corrected chi connectivity index (χ2v) is 9.41. The number of benzene rings is 1. The van der Waals surface area contributed by atoms with Crippen LogP contribution in [0.2, 0.25) is 0 Å². The van der Waals surface area contributed by atoms with Crippen molar-refractivity contribution in [3.8, 4) is 11.4 Å². The zero-order valence-corrected chi connectivity index (χ0v) is 19.2. The summed E-state index contributed by atoms with van der Waals surface area (Å²) in [6.07, 6.45) is 8.24. The van der Waals surface area contributed by atoms with Gasteiger partial charge in [-0.15, -0.1) is 13.2 Å². The van der Waals surface area contributed by atoms with Crippen molar-refractivity contribution >= 4 is 28.4 Å². The third-order valence-electron chi connectivity index (χ3n) is 6.95. The van der Waals surface area contributed by atoms with Crippen molar-refractivity contribution in [1.82, 2.24) is 20.1 Å². The van der Waals surface area contributed by atoms with Gasteiger partial charge in [-0.2, -0.15) is 5.10 Å². The summed E-state index contributed by atoms with van der Waals surface area (Å²) in [5, 5.41) is 8.50. The van der Waals surface area contributed by atoms with Crippen LogP contribution < -0.4 is 4.90 Å². The summed E-state index contributed by atoms with van der Waals surface area (Å²) in [5.41, 5.74) is 6.63. The maximum absolute atomic E-state index is 13.4. The Morgan fingerprint density at radius 1 is 1.21 bits per heavy atom. The summed E-state index contributed by atoms with van der Waals surface area (Å²) < 4.78 is 0. The third-order valence-corrected chi connectivity index (χ3v) is 6.95. The molecule has 0 fully saturated rings. The smallest absolute Gasteiger partial charge is 0.243 e. The number of amides is 2. The van der Waals surface area contributed by atoms with Crippen LogP contribution in [-0.2, 0) is 27.8 Å². The highest BCUT2D eigenvalue weighted by Gasteiger charge is 2.45. The fourth-order valence-electron chi connectivity index (χ4n) is 5.20. The van der Waals surface area contributed by atoms with Gasteiger partial charge < -0.3 is 14.8 Å². The van der Waals surface area contributed by atoms with Crippen LogP contribution in [0.3, 0.4) is 0 Å². The number of carbonyl (C=O) groups is 2. The van der Waals surface area contributed by atoms with E-state index in [1.54, 1.807) is 22.0 Å². The molecule has 33 heavy (non-hydrogen) atoms. The molecule has 1 aliphatic carbocycles. The molecule has 0 bridgehead atoms. The van der Waals surface area contributed by atoms with Crippen LogP contribution >= 0.6 is 0 Å². The van der Waals surface area contributed by atoms with Crippen LogP contribution in [0.15, 0.2) is 43.6 Å². The summed E-state index contributed by atoms with van der Waals surface area (Å²) >= 11 is 0. The first-order valence-electron chi connectivity index (χ1n) is 11.4. The quantitative estimate of drug-likeness (QED) is 0.567. The molecule has 0 radical (unpaired) electrons. The number of fused-ring (bicyclic) bond motifs is 6. The largest absolute Gasteiger partial charge is 0.353 e. The van der Waals surface area contributed by atoms with Gasteiger partial charge in [0.05, 0.1) is 23.0 Å². The van der Waals surface area contributed by atoms with Crippen molar-refractivity contribution in [2.45, 2.75) is 38.5 Å². The molecular formula is C26H29N5O2. The highest BCUT2D eigenvalue weighted by molar-refractivity contribution is 6.12. The minimum atomic E-state index is -0.715. The number of aryl methyl sites for hydroxylation is 2. The first-order chi connectivity index (χ1) is 15.9. The van der Waals surface area contributed by atoms with E-state index in [0.717, 1.165) is 52.8 Å². The molecule has 1 aliphatic heterocycles. The van der Waals surface area contributed by atoms with Gasteiger partial charge in [-0.25, -0.2) is 0 Å². The monoisotopic (exact) mass is 443 g/mol. The van der Waals surface area contributed by atoms with Gasteiger partial charge >= 0.3 is 0 Å². The van der Waals surface area contributed by atoms with Gasteiger partial charge in [0.2, 0.25) is 11.8 Å². The van der Waals surface area contributed by atoms with Crippen LogP contribution in [0, 0.1) is 0 Å². The normalized spacial score (nSPS) is 16.2. The van der Waals surface area contributed by atoms with Crippen LogP contribution in [0.5, 0.6) is 0 Å². The molecule has 7 nitrogen and oxygen atoms in total. The molecule has 0 saturated carbocycles. The van der Waals surface area contributed by atoms with E-state index in [-0.39, 0.29) is 18.4 Å². The lowest BCUT2D eigenvalue weighted by atomic mass is 9.85. The lowest BCUT2D eigenvalue weighted by Crippen LogP contribution is -2.44. The predicted molar refractivity (Wildman–Crippen MR) is 130 cm³/mol. The Morgan fingerprint density at radius 2 is 1.97 bits per heavy atom. The van der Waals surface area contributed by atoms with E-state index < -0.39 is 5.41 Å². The van der Waals surface area contributed by atoms with E-state index in [9.17, 15) is 9.59 Å². The number of rotatable bonds is 6. The van der Waals surface area contributed by atoms with Crippen LogP contribution in [0.4, 0.5) is 5.69 Å². The van der Waals surface area contributed by atoms with Crippen molar-refractivity contribution in [2.24, 2.45) is 0 Å². The van der Waals surface area contributed by atoms with E-state index in [1.165, 1.54) is 11.1 Å². The number of aromatic nitrogens is 3. The first-order valence-corrected chi connectivity index (χ1v) is 11.4. The molecule has 3 aromatic rings. The average molecular weight is 444 g/mol. The Labute approximate surface area is 193 Å². The zero-order chi connectivity index (χ0) is 23.3. The molecule has 1 aromatic carbocycles. The van der Waals surface area contributed by atoms with E-state index in [2.05, 4.69) is 40.5 Å². The van der Waals surface area contributed by atoms with Gasteiger partial charge in [0.1, 0.15) is 6.54 Å². The maximum Gasteiger partial charge on any atom is 0.243 e. The first kappa shape index (κ1) is 21.2. The Morgan fingerprint density at radius 3 is 2.70 bits per heavy atom. The molecular weight excluding hydrogens is 414 g/mol. The summed E-state index contributed by atoms with van der Waals surface area (Å²) in [6, 6.07) is 4.18. The minimum absolute atomic E-state index is 0.000238. The molecule has 3 heterocycles. The molecule has 7 heteroatoms. The third kappa shape index (κ3) is 3.22. The summed E-state index contributed by atoms with van der Waals surface area (Å²) in [5.74, 6) is -0.181. The van der Waals surface area contributed by atoms with Crippen molar-refractivity contribution in [1.29, 1.82) is 0 Å². The predicted octanol–water partition coefficient (Wildman–Crippen LogP) is 3.87. The number of nitrogens with one attached hydrogen (secondary N) is 2. The lowest BCUT2D eigenvalue weighted by Gasteiger charge is -2.25. The lowest BCUT2D eigenvalue weighted by molar-refractivity contribution is -0.131. The van der Waals surface area contributed by atoms with Crippen LogP contribution in [0.1, 0.15) is 37.0 Å². The molecule has 2 N–H and O–H groups in total. The Hall–Kier alpha value is -3.61. The number of hydrogen-bond acceptors (Lipinski definition) is 3. The second kappa shape index (κ2) is 7.76. The number of H-pyrrole nitrogens is 2. The van der Waals surface area contributed by atoms with Crippen molar-refractivity contribution < 1.29 is 9.59 Å². The molecule has 2 amide bonds. The zero-order valence-electron chi connectivity index (χ0n) is 19.2. The van der Waals surface area contributed by atoms with E-state index >= 15 is 0 Å². The number of hydrogen-bond donors (Lipinski definition) is 2. The number of nitrogens with zero attached hydrogens (tertiary/aromatic N) is 3. The van der Waals surface area contributed by atoms with Crippen LogP contribution in [0.25, 0.3) is 22.3 Å². The maximum atomic E-state index is 13.4. The highest BCUT2D eigenvalue weighted by atomic mass is 16.2. The van der Waals surface area contributed by atoms with Gasteiger partial charge in [0.25, 0.3) is 0 Å². The summed E-state index contributed by atoms with van der Waals surface area (Å²) in [4.78, 5) is 33.4. The highest BCUT2D eigenvalue weighted by Crippen LogP contribution is 2.46. The summed E-state index contributed by atoms with van der Waals surface area (Å²) in [6.45, 7) is 12.2. The molecule has 5 rings (SSSR count). The van der Waals surface area contributed by atoms with Gasteiger partial charge in [-0.1, -0.05) is 12.2 Å². The Bertz CT molecular complexity index is 1290. The molecule has 0 unspecified atom stereocenters. The van der Waals surface area contributed by atoms with Crippen LogP contribution in [-0.4, -0.2) is 51.5 Å². The standard InChI is InChI=1S/C26H29N5O2/c1-5-10-30(11-6-2)22(32)15-31-21-12-18-17-9-7-8-16-14-27-29-23(16)24(17)28-20(18)13-19(21)26(3,4)25(31)33/h5-6,12-14,28H,1-2,7-11,15H2,3-4H3,(H,27,29). The van der Waals surface area contributed by atoms with Crippen molar-refractivity contribution in [3.05, 3.63) is 60.3 Å². The number of anilines is 1. The van der Waals surface area contributed by atoms with E-state index in [1.807, 2.05) is 20.0 Å². The van der Waals surface area contributed by atoms with Gasteiger partial charge in [-0.05, 0) is 61.9 Å². The molecule has 0 saturated heterocycles. The second-order valence-electron chi connectivity index (χ2n) is 9.41. The molecule has 2 aliphatic rings. The topological polar surface area (TPSA) is 85.1 Å². The van der Waals surface area contributed by atoms with Gasteiger partial charge in [-0.3, -0.25) is 14.7 Å². The SMILES string of the molecule is C=CCN(CC=C)C(=O)CN1C(=O)C(C)(C)c2cc3[nH]c4c(c3cc21)CCCc1cn[nH]c1-4. The van der Waals surface area contributed by atoms with E-state index in [0.29, 0.717) is 13.1 Å².